The fraction of sp³-hybridized carbons (Fsp3) is 0.300. The Morgan fingerprint density at radius 2 is 2.00 bits per heavy atom. The predicted molar refractivity (Wildman–Crippen MR) is 110 cm³/mol. The minimum absolute atomic E-state index is 0.0304. The van der Waals surface area contributed by atoms with Crippen molar-refractivity contribution in [3.8, 4) is 5.75 Å². The number of carbonyl (C=O) groups excluding carboxylic acids is 1. The summed E-state index contributed by atoms with van der Waals surface area (Å²) in [4.78, 5) is 21.5. The molecule has 27 heavy (non-hydrogen) atoms. The van der Waals surface area contributed by atoms with Gasteiger partial charge in [0.15, 0.2) is 5.13 Å². The number of anilines is 1. The first-order valence-electron chi connectivity index (χ1n) is 8.97. The lowest BCUT2D eigenvalue weighted by Gasteiger charge is -2.34. The Labute approximate surface area is 167 Å². The summed E-state index contributed by atoms with van der Waals surface area (Å²) in [7, 11) is 0. The van der Waals surface area contributed by atoms with Gasteiger partial charge in [0.2, 0.25) is 0 Å². The van der Waals surface area contributed by atoms with Crippen molar-refractivity contribution in [2.45, 2.75) is 6.92 Å². The number of hydrogen-bond donors (Lipinski definition) is 0. The van der Waals surface area contributed by atoms with Crippen molar-refractivity contribution in [2.24, 2.45) is 0 Å². The van der Waals surface area contributed by atoms with Gasteiger partial charge in [-0.05, 0) is 43.3 Å². The van der Waals surface area contributed by atoms with E-state index in [-0.39, 0.29) is 5.91 Å². The molecule has 5 nitrogen and oxygen atoms in total. The Hall–Kier alpha value is -2.31. The number of hydrogen-bond acceptors (Lipinski definition) is 5. The molecule has 140 valence electrons. The van der Waals surface area contributed by atoms with Gasteiger partial charge in [-0.15, -0.1) is 0 Å². The maximum absolute atomic E-state index is 12.7. The lowest BCUT2D eigenvalue weighted by atomic mass is 10.2. The Bertz CT molecular complexity index is 967. The molecule has 0 spiro atoms. The minimum atomic E-state index is 0.0304. The number of aromatic nitrogens is 1. The minimum Gasteiger partial charge on any atom is -0.494 e. The third kappa shape index (κ3) is 3.87. The fourth-order valence-electron chi connectivity index (χ4n) is 3.19. The van der Waals surface area contributed by atoms with Crippen LogP contribution in [-0.2, 0) is 0 Å². The summed E-state index contributed by atoms with van der Waals surface area (Å²) in [5.41, 5.74) is 1.62. The lowest BCUT2D eigenvalue weighted by molar-refractivity contribution is 0.0747. The van der Waals surface area contributed by atoms with Crippen molar-refractivity contribution < 1.29 is 9.53 Å². The first-order valence-corrected chi connectivity index (χ1v) is 10.2. The van der Waals surface area contributed by atoms with E-state index in [0.29, 0.717) is 30.3 Å². The molecular formula is C20H20ClN3O2S. The van der Waals surface area contributed by atoms with Crippen molar-refractivity contribution in [3.05, 3.63) is 53.1 Å². The normalized spacial score (nSPS) is 14.6. The summed E-state index contributed by atoms with van der Waals surface area (Å²) in [5, 5.41) is 1.58. The number of benzene rings is 2. The molecule has 1 aliphatic rings. The van der Waals surface area contributed by atoms with Crippen LogP contribution in [0.3, 0.4) is 0 Å². The molecule has 0 radical (unpaired) electrons. The van der Waals surface area contributed by atoms with Crippen LogP contribution in [0.1, 0.15) is 17.3 Å². The van der Waals surface area contributed by atoms with Gasteiger partial charge in [0, 0.05) is 36.8 Å². The van der Waals surface area contributed by atoms with Crippen molar-refractivity contribution in [1.29, 1.82) is 0 Å². The van der Waals surface area contributed by atoms with E-state index in [1.165, 1.54) is 0 Å². The van der Waals surface area contributed by atoms with Crippen molar-refractivity contribution >= 4 is 44.2 Å². The lowest BCUT2D eigenvalue weighted by Crippen LogP contribution is -2.48. The second-order valence-corrected chi connectivity index (χ2v) is 7.79. The van der Waals surface area contributed by atoms with E-state index in [1.807, 2.05) is 42.2 Å². The first kappa shape index (κ1) is 18.1. The molecule has 1 saturated heterocycles. The molecule has 0 atom stereocenters. The number of ether oxygens (including phenoxy) is 1. The molecule has 1 aromatic heterocycles. The summed E-state index contributed by atoms with van der Waals surface area (Å²) < 4.78 is 6.69. The Morgan fingerprint density at radius 1 is 1.19 bits per heavy atom. The molecular weight excluding hydrogens is 382 g/mol. The SMILES string of the molecule is CCOc1ccc2nc(N3CCN(C(=O)c4cccc(Cl)c4)CC3)sc2c1. The summed E-state index contributed by atoms with van der Waals surface area (Å²) in [5.74, 6) is 0.903. The fourth-order valence-corrected chi connectivity index (χ4v) is 4.43. The van der Waals surface area contributed by atoms with Gasteiger partial charge >= 0.3 is 0 Å². The molecule has 3 aromatic rings. The molecule has 1 fully saturated rings. The Morgan fingerprint density at radius 3 is 2.74 bits per heavy atom. The molecule has 0 bridgehead atoms. The van der Waals surface area contributed by atoms with E-state index < -0.39 is 0 Å². The van der Waals surface area contributed by atoms with Crippen LogP contribution in [0.15, 0.2) is 42.5 Å². The van der Waals surface area contributed by atoms with Gasteiger partial charge in [-0.1, -0.05) is 29.0 Å². The van der Waals surface area contributed by atoms with E-state index in [2.05, 4.69) is 4.90 Å². The summed E-state index contributed by atoms with van der Waals surface area (Å²) >= 11 is 7.67. The zero-order valence-corrected chi connectivity index (χ0v) is 16.6. The number of piperazine rings is 1. The number of rotatable bonds is 4. The van der Waals surface area contributed by atoms with Crippen LogP contribution in [0, 0.1) is 0 Å². The van der Waals surface area contributed by atoms with Crippen LogP contribution in [0.25, 0.3) is 10.2 Å². The molecule has 4 rings (SSSR count). The molecule has 0 unspecified atom stereocenters. The molecule has 0 N–H and O–H groups in total. The zero-order chi connectivity index (χ0) is 18.8. The Balaban J connectivity index is 1.44. The standard InChI is InChI=1S/C20H20ClN3O2S/c1-2-26-16-6-7-17-18(13-16)27-20(22-17)24-10-8-23(9-11-24)19(25)14-4-3-5-15(21)12-14/h3-7,12-13H,2,8-11H2,1H3. The van der Waals surface area contributed by atoms with Crippen LogP contribution in [0.4, 0.5) is 5.13 Å². The summed E-state index contributed by atoms with van der Waals surface area (Å²) in [6, 6.07) is 13.1. The second-order valence-electron chi connectivity index (χ2n) is 6.35. The predicted octanol–water partition coefficient (Wildman–Crippen LogP) is 4.31. The molecule has 2 aromatic carbocycles. The van der Waals surface area contributed by atoms with Crippen LogP contribution in [0.2, 0.25) is 5.02 Å². The average molecular weight is 402 g/mol. The highest BCUT2D eigenvalue weighted by atomic mass is 35.5. The molecule has 1 aliphatic heterocycles. The molecule has 0 saturated carbocycles. The highest BCUT2D eigenvalue weighted by Gasteiger charge is 2.24. The van der Waals surface area contributed by atoms with Crippen molar-refractivity contribution in [1.82, 2.24) is 9.88 Å². The van der Waals surface area contributed by atoms with Gasteiger partial charge in [0.05, 0.1) is 16.8 Å². The van der Waals surface area contributed by atoms with E-state index in [1.54, 1.807) is 23.5 Å². The van der Waals surface area contributed by atoms with Gasteiger partial charge in [0.1, 0.15) is 5.75 Å². The van der Waals surface area contributed by atoms with Crippen LogP contribution < -0.4 is 9.64 Å². The van der Waals surface area contributed by atoms with Crippen molar-refractivity contribution in [3.63, 3.8) is 0 Å². The van der Waals surface area contributed by atoms with E-state index >= 15 is 0 Å². The van der Waals surface area contributed by atoms with E-state index in [0.717, 1.165) is 34.2 Å². The van der Waals surface area contributed by atoms with Gasteiger partial charge in [-0.3, -0.25) is 4.79 Å². The summed E-state index contributed by atoms with van der Waals surface area (Å²) in [6.45, 7) is 5.51. The maximum Gasteiger partial charge on any atom is 0.254 e. The van der Waals surface area contributed by atoms with E-state index in [9.17, 15) is 4.79 Å². The van der Waals surface area contributed by atoms with Gasteiger partial charge < -0.3 is 14.5 Å². The molecule has 2 heterocycles. The molecule has 1 amide bonds. The van der Waals surface area contributed by atoms with Gasteiger partial charge in [-0.25, -0.2) is 4.98 Å². The first-order chi connectivity index (χ1) is 13.1. The van der Waals surface area contributed by atoms with Gasteiger partial charge in [0.25, 0.3) is 5.91 Å². The molecule has 0 aliphatic carbocycles. The highest BCUT2D eigenvalue weighted by molar-refractivity contribution is 7.22. The smallest absolute Gasteiger partial charge is 0.254 e. The number of carbonyl (C=O) groups is 1. The quantitative estimate of drug-likeness (QED) is 0.653. The summed E-state index contributed by atoms with van der Waals surface area (Å²) in [6.07, 6.45) is 0. The van der Waals surface area contributed by atoms with Crippen LogP contribution in [-0.4, -0.2) is 48.6 Å². The molecule has 7 heteroatoms. The topological polar surface area (TPSA) is 45.7 Å². The third-order valence-electron chi connectivity index (χ3n) is 4.57. The maximum atomic E-state index is 12.7. The van der Waals surface area contributed by atoms with Crippen LogP contribution >= 0.6 is 22.9 Å². The number of fused-ring (bicyclic) bond motifs is 1. The van der Waals surface area contributed by atoms with E-state index in [4.69, 9.17) is 21.3 Å². The van der Waals surface area contributed by atoms with Crippen LogP contribution in [0.5, 0.6) is 5.75 Å². The number of amides is 1. The largest absolute Gasteiger partial charge is 0.494 e. The third-order valence-corrected chi connectivity index (χ3v) is 5.88. The number of halogens is 1. The van der Waals surface area contributed by atoms with Crippen molar-refractivity contribution in [2.75, 3.05) is 37.7 Å². The second kappa shape index (κ2) is 7.74. The average Bonchev–Trinajstić information content (AvgIpc) is 3.11. The zero-order valence-electron chi connectivity index (χ0n) is 15.0. The Kier molecular flexibility index (Phi) is 5.18. The van der Waals surface area contributed by atoms with Gasteiger partial charge in [-0.2, -0.15) is 0 Å². The highest BCUT2D eigenvalue weighted by Crippen LogP contribution is 2.32. The number of thiazole rings is 1. The number of nitrogens with zero attached hydrogens (tertiary/aromatic N) is 3. The monoisotopic (exact) mass is 401 g/mol.